The highest BCUT2D eigenvalue weighted by Gasteiger charge is 2.17. The Morgan fingerprint density at radius 1 is 0.854 bits per heavy atom. The number of amides is 3. The van der Waals surface area contributed by atoms with Gasteiger partial charge in [-0.1, -0.05) is 72.8 Å². The molecule has 41 heavy (non-hydrogen) atoms. The minimum absolute atomic E-state index is 0.155. The molecule has 0 saturated carbocycles. The van der Waals surface area contributed by atoms with Crippen LogP contribution in [0.25, 0.3) is 11.1 Å². The summed E-state index contributed by atoms with van der Waals surface area (Å²) >= 11 is 0. The molecule has 10 nitrogen and oxygen atoms in total. The van der Waals surface area contributed by atoms with Gasteiger partial charge in [-0.15, -0.1) is 0 Å². The predicted octanol–water partition coefficient (Wildman–Crippen LogP) is 5.50. The van der Waals surface area contributed by atoms with Crippen molar-refractivity contribution >= 4 is 39.2 Å². The van der Waals surface area contributed by atoms with Gasteiger partial charge in [-0.05, 0) is 41.5 Å². The Bertz CT molecular complexity index is 1660. The first kappa shape index (κ1) is 28.8. The number of hydrogen-bond donors (Lipinski definition) is 4. The average molecular weight is 572 g/mol. The van der Waals surface area contributed by atoms with Crippen molar-refractivity contribution in [1.29, 1.82) is 5.41 Å². The summed E-state index contributed by atoms with van der Waals surface area (Å²) in [7, 11) is -2.21. The van der Waals surface area contributed by atoms with Gasteiger partial charge in [0.05, 0.1) is 24.2 Å². The number of methoxy groups -OCH3 is 1. The average Bonchev–Trinajstić information content (AvgIpc) is 2.97. The number of hydrogen-bond acceptors (Lipinski definition) is 7. The Balaban J connectivity index is 1.55. The zero-order valence-electron chi connectivity index (χ0n) is 22.4. The lowest BCUT2D eigenvalue weighted by molar-refractivity contribution is 0.177. The van der Waals surface area contributed by atoms with Gasteiger partial charge in [-0.2, -0.15) is 0 Å². The standard InChI is InChI=1S/C30H29N5O5S/c1-40-30(37)33-28(31)23-11-8-12-25(19-23)34-35(20-21-9-4-3-5-10-21)29(36)32-24-17-15-22(16-18-24)26-13-6-7-14-27(26)41(2,38)39/h3-19,34H,20H2,1-2H3,(H,32,36)(H2,31,33,37). The first-order valence-corrected chi connectivity index (χ1v) is 14.4. The summed E-state index contributed by atoms with van der Waals surface area (Å²) in [4.78, 5) is 25.2. The lowest BCUT2D eigenvalue weighted by Crippen LogP contribution is -2.39. The van der Waals surface area contributed by atoms with Gasteiger partial charge >= 0.3 is 12.1 Å². The molecule has 0 aromatic heterocycles. The molecule has 4 rings (SSSR count). The number of anilines is 2. The molecule has 210 valence electrons. The van der Waals surface area contributed by atoms with Gasteiger partial charge in [0.2, 0.25) is 0 Å². The molecule has 0 fully saturated rings. The number of hydrazine groups is 1. The summed E-state index contributed by atoms with van der Waals surface area (Å²) in [5.41, 5.74) is 6.66. The lowest BCUT2D eigenvalue weighted by Gasteiger charge is -2.25. The summed E-state index contributed by atoms with van der Waals surface area (Å²) in [5, 5.41) is 14.7. The van der Waals surface area contributed by atoms with Gasteiger partial charge in [0.15, 0.2) is 9.84 Å². The van der Waals surface area contributed by atoms with E-state index in [1.807, 2.05) is 30.3 Å². The highest BCUT2D eigenvalue weighted by atomic mass is 32.2. The number of carbonyl (C=O) groups excluding carboxylic acids is 2. The van der Waals surface area contributed by atoms with Gasteiger partial charge in [-0.25, -0.2) is 23.0 Å². The molecule has 0 saturated heterocycles. The third kappa shape index (κ3) is 7.70. The molecule has 0 heterocycles. The van der Waals surface area contributed by atoms with E-state index < -0.39 is 22.0 Å². The molecule has 4 aromatic carbocycles. The van der Waals surface area contributed by atoms with Gasteiger partial charge in [0.1, 0.15) is 5.84 Å². The van der Waals surface area contributed by atoms with E-state index in [0.29, 0.717) is 28.1 Å². The van der Waals surface area contributed by atoms with Crippen molar-refractivity contribution in [2.45, 2.75) is 11.4 Å². The molecule has 4 N–H and O–H groups in total. The highest BCUT2D eigenvalue weighted by Crippen LogP contribution is 2.28. The Morgan fingerprint density at radius 2 is 1.54 bits per heavy atom. The van der Waals surface area contributed by atoms with Crippen LogP contribution in [0.1, 0.15) is 11.1 Å². The Labute approximate surface area is 238 Å². The second kappa shape index (κ2) is 12.8. The first-order chi connectivity index (χ1) is 19.6. The van der Waals surface area contributed by atoms with Crippen LogP contribution in [-0.4, -0.2) is 44.8 Å². The molecule has 0 aliphatic heterocycles. The fraction of sp³-hybridized carbons (Fsp3) is 0.100. The third-order valence-corrected chi connectivity index (χ3v) is 7.15. The van der Waals surface area contributed by atoms with Gasteiger partial charge in [0, 0.05) is 23.1 Å². The van der Waals surface area contributed by atoms with E-state index >= 15 is 0 Å². The lowest BCUT2D eigenvalue weighted by atomic mass is 10.1. The smallest absolute Gasteiger partial charge is 0.412 e. The SMILES string of the molecule is COC(=O)NC(=N)c1cccc(NN(Cc2ccccc2)C(=O)Nc2ccc(-c3ccccc3S(C)(=O)=O)cc2)c1. The number of rotatable bonds is 8. The number of carbonyl (C=O) groups is 2. The summed E-state index contributed by atoms with van der Waals surface area (Å²) in [6.45, 7) is 0.217. The van der Waals surface area contributed by atoms with Crippen molar-refractivity contribution < 1.29 is 22.7 Å². The Kier molecular flexibility index (Phi) is 9.00. The number of sulfone groups is 1. The summed E-state index contributed by atoms with van der Waals surface area (Å²) < 4.78 is 29.0. The molecule has 4 aromatic rings. The van der Waals surface area contributed by atoms with Gasteiger partial charge in [-0.3, -0.25) is 16.2 Å². The van der Waals surface area contributed by atoms with E-state index in [0.717, 1.165) is 5.56 Å². The molecule has 0 bridgehead atoms. The second-order valence-electron chi connectivity index (χ2n) is 9.03. The Hall–Kier alpha value is -5.16. The minimum Gasteiger partial charge on any atom is -0.453 e. The van der Waals surface area contributed by atoms with Crippen LogP contribution in [0.15, 0.2) is 108 Å². The number of nitrogens with zero attached hydrogens (tertiary/aromatic N) is 1. The van der Waals surface area contributed by atoms with E-state index in [-0.39, 0.29) is 17.3 Å². The molecule has 0 atom stereocenters. The molecule has 11 heteroatoms. The zero-order valence-corrected chi connectivity index (χ0v) is 23.2. The molecular formula is C30H29N5O5S. The number of nitrogens with one attached hydrogen (secondary N) is 4. The van der Waals surface area contributed by atoms with E-state index in [9.17, 15) is 18.0 Å². The van der Waals surface area contributed by atoms with E-state index in [4.69, 9.17) is 5.41 Å². The van der Waals surface area contributed by atoms with Crippen molar-refractivity contribution in [3.8, 4) is 11.1 Å². The van der Waals surface area contributed by atoms with E-state index in [1.165, 1.54) is 18.4 Å². The summed E-state index contributed by atoms with van der Waals surface area (Å²) in [6.07, 6.45) is 0.410. The molecule has 0 aliphatic carbocycles. The fourth-order valence-electron chi connectivity index (χ4n) is 4.01. The van der Waals surface area contributed by atoms with Crippen LogP contribution in [0.3, 0.4) is 0 Å². The quantitative estimate of drug-likeness (QED) is 0.125. The normalized spacial score (nSPS) is 10.8. The third-order valence-electron chi connectivity index (χ3n) is 5.99. The number of amidine groups is 1. The van der Waals surface area contributed by atoms with Crippen LogP contribution in [0.2, 0.25) is 0 Å². The van der Waals surface area contributed by atoms with Crippen molar-refractivity contribution in [1.82, 2.24) is 10.3 Å². The highest BCUT2D eigenvalue weighted by molar-refractivity contribution is 7.90. The van der Waals surface area contributed by atoms with Gasteiger partial charge in [0.25, 0.3) is 0 Å². The van der Waals surface area contributed by atoms with Crippen molar-refractivity contribution in [2.75, 3.05) is 24.1 Å². The summed E-state index contributed by atoms with van der Waals surface area (Å²) in [6, 6.07) is 29.3. The molecule has 0 aliphatic rings. The number of urea groups is 1. The first-order valence-electron chi connectivity index (χ1n) is 12.5. The number of benzene rings is 4. The van der Waals surface area contributed by atoms with E-state index in [2.05, 4.69) is 20.8 Å². The molecule has 0 spiro atoms. The monoisotopic (exact) mass is 571 g/mol. The predicted molar refractivity (Wildman–Crippen MR) is 158 cm³/mol. The molecule has 0 radical (unpaired) electrons. The maximum Gasteiger partial charge on any atom is 0.412 e. The van der Waals surface area contributed by atoms with Crippen LogP contribution in [0.4, 0.5) is 21.0 Å². The number of ether oxygens (including phenoxy) is 1. The van der Waals surface area contributed by atoms with Crippen LogP contribution in [0.5, 0.6) is 0 Å². The van der Waals surface area contributed by atoms with Crippen LogP contribution in [-0.2, 0) is 21.1 Å². The van der Waals surface area contributed by atoms with Crippen LogP contribution >= 0.6 is 0 Å². The van der Waals surface area contributed by atoms with Crippen LogP contribution in [0, 0.1) is 5.41 Å². The number of alkyl carbamates (subject to hydrolysis) is 1. The molecular weight excluding hydrogens is 542 g/mol. The topological polar surface area (TPSA) is 141 Å². The summed E-state index contributed by atoms with van der Waals surface area (Å²) in [5.74, 6) is -0.155. The van der Waals surface area contributed by atoms with Gasteiger partial charge < -0.3 is 10.1 Å². The molecule has 0 unspecified atom stereocenters. The van der Waals surface area contributed by atoms with Crippen molar-refractivity contribution in [2.24, 2.45) is 0 Å². The fourth-order valence-corrected chi connectivity index (χ4v) is 4.92. The zero-order chi connectivity index (χ0) is 29.4. The van der Waals surface area contributed by atoms with Crippen molar-refractivity contribution in [3.05, 3.63) is 114 Å². The Morgan fingerprint density at radius 3 is 2.22 bits per heavy atom. The van der Waals surface area contributed by atoms with Crippen LogP contribution < -0.4 is 16.1 Å². The minimum atomic E-state index is -3.42. The van der Waals surface area contributed by atoms with Crippen molar-refractivity contribution in [3.63, 3.8) is 0 Å². The maximum absolute atomic E-state index is 13.4. The second-order valence-corrected chi connectivity index (χ2v) is 11.0. The largest absolute Gasteiger partial charge is 0.453 e. The molecule has 3 amide bonds. The van der Waals surface area contributed by atoms with E-state index in [1.54, 1.807) is 72.8 Å². The maximum atomic E-state index is 13.4.